The van der Waals surface area contributed by atoms with Gasteiger partial charge in [0.1, 0.15) is 6.54 Å². The number of halogens is 4. The summed E-state index contributed by atoms with van der Waals surface area (Å²) >= 11 is 5.67. The first-order valence-electron chi connectivity index (χ1n) is 4.23. The Bertz CT molecular complexity index is 395. The normalized spacial score (nSPS) is 11.3. The number of carbonyl (C=O) groups excluding carboxylic acids is 1. The van der Waals surface area contributed by atoms with Crippen LogP contribution in [0.4, 0.5) is 13.2 Å². The van der Waals surface area contributed by atoms with E-state index in [1.54, 1.807) is 0 Å². The fourth-order valence-corrected chi connectivity index (χ4v) is 1.27. The van der Waals surface area contributed by atoms with Crippen LogP contribution in [0.25, 0.3) is 0 Å². The van der Waals surface area contributed by atoms with E-state index in [0.29, 0.717) is 4.90 Å². The molecule has 1 amide bonds. The molecule has 0 atom stereocenters. The number of aromatic nitrogens is 1. The number of alkyl halides is 3. The van der Waals surface area contributed by atoms with Gasteiger partial charge in [0, 0.05) is 19.4 Å². The van der Waals surface area contributed by atoms with E-state index in [-0.39, 0.29) is 10.6 Å². The van der Waals surface area contributed by atoms with Crippen molar-refractivity contribution < 1.29 is 18.0 Å². The molecule has 1 rings (SSSR count). The third-order valence-corrected chi connectivity index (χ3v) is 2.09. The summed E-state index contributed by atoms with van der Waals surface area (Å²) in [6.07, 6.45) is -1.94. The van der Waals surface area contributed by atoms with E-state index < -0.39 is 18.6 Å². The Hall–Kier alpha value is -1.30. The molecule has 0 aromatic carbocycles. The maximum Gasteiger partial charge on any atom is 0.406 e. The molecule has 0 N–H and O–H groups in total. The summed E-state index contributed by atoms with van der Waals surface area (Å²) in [5, 5.41) is 0.0778. The molecular formula is C9H8ClF3N2O. The van der Waals surface area contributed by atoms with Crippen LogP contribution < -0.4 is 0 Å². The van der Waals surface area contributed by atoms with Crippen LogP contribution >= 0.6 is 11.6 Å². The number of pyridine rings is 1. The van der Waals surface area contributed by atoms with Crippen LogP contribution in [0, 0.1) is 0 Å². The first-order chi connectivity index (χ1) is 7.31. The zero-order valence-electron chi connectivity index (χ0n) is 8.25. The van der Waals surface area contributed by atoms with Gasteiger partial charge >= 0.3 is 6.18 Å². The van der Waals surface area contributed by atoms with Crippen LogP contribution in [-0.2, 0) is 0 Å². The lowest BCUT2D eigenvalue weighted by Crippen LogP contribution is -2.36. The van der Waals surface area contributed by atoms with E-state index in [4.69, 9.17) is 11.6 Å². The van der Waals surface area contributed by atoms with Gasteiger partial charge in [0.2, 0.25) is 0 Å². The van der Waals surface area contributed by atoms with Crippen LogP contribution in [0.15, 0.2) is 18.5 Å². The second-order valence-electron chi connectivity index (χ2n) is 3.13. The molecule has 1 aromatic heterocycles. The third kappa shape index (κ3) is 3.37. The summed E-state index contributed by atoms with van der Waals surface area (Å²) < 4.78 is 36.1. The summed E-state index contributed by atoms with van der Waals surface area (Å²) in [6.45, 7) is -1.32. The Labute approximate surface area is 94.8 Å². The van der Waals surface area contributed by atoms with Crippen molar-refractivity contribution in [1.82, 2.24) is 9.88 Å². The number of hydrogen-bond donors (Lipinski definition) is 0. The number of nitrogens with zero attached hydrogens (tertiary/aromatic N) is 2. The minimum atomic E-state index is -4.43. The van der Waals surface area contributed by atoms with E-state index in [2.05, 4.69) is 4.98 Å². The Morgan fingerprint density at radius 2 is 2.19 bits per heavy atom. The first kappa shape index (κ1) is 12.8. The lowest BCUT2D eigenvalue weighted by Gasteiger charge is -2.19. The molecule has 0 spiro atoms. The van der Waals surface area contributed by atoms with Crippen molar-refractivity contribution >= 4 is 17.5 Å². The lowest BCUT2D eigenvalue weighted by molar-refractivity contribution is -0.138. The topological polar surface area (TPSA) is 33.2 Å². The monoisotopic (exact) mass is 252 g/mol. The predicted octanol–water partition coefficient (Wildman–Crippen LogP) is 2.37. The summed E-state index contributed by atoms with van der Waals surface area (Å²) in [6, 6.07) is 1.34. The summed E-state index contributed by atoms with van der Waals surface area (Å²) in [5.74, 6) is -0.810. The Kier molecular flexibility index (Phi) is 3.74. The molecule has 0 saturated heterocycles. The van der Waals surface area contributed by atoms with Gasteiger partial charge in [-0.1, -0.05) is 11.6 Å². The number of carbonyl (C=O) groups is 1. The molecule has 0 bridgehead atoms. The molecule has 0 aliphatic heterocycles. The highest BCUT2D eigenvalue weighted by Crippen LogP contribution is 2.19. The highest BCUT2D eigenvalue weighted by Gasteiger charge is 2.31. The van der Waals surface area contributed by atoms with E-state index in [1.807, 2.05) is 0 Å². The zero-order chi connectivity index (χ0) is 12.3. The minimum Gasteiger partial charge on any atom is -0.333 e. The molecule has 7 heteroatoms. The molecule has 1 aromatic rings. The van der Waals surface area contributed by atoms with Gasteiger partial charge < -0.3 is 4.90 Å². The molecule has 0 aliphatic carbocycles. The van der Waals surface area contributed by atoms with Crippen molar-refractivity contribution in [2.75, 3.05) is 13.6 Å². The molecule has 0 fully saturated rings. The number of rotatable bonds is 2. The molecule has 0 aliphatic rings. The third-order valence-electron chi connectivity index (χ3n) is 1.76. The average Bonchev–Trinajstić information content (AvgIpc) is 2.15. The van der Waals surface area contributed by atoms with Gasteiger partial charge in [-0.25, -0.2) is 0 Å². The lowest BCUT2D eigenvalue weighted by atomic mass is 10.2. The van der Waals surface area contributed by atoms with Gasteiger partial charge in [-0.3, -0.25) is 9.78 Å². The van der Waals surface area contributed by atoms with Crippen LogP contribution in [0.2, 0.25) is 5.02 Å². The standard InChI is InChI=1S/C9H8ClF3N2O/c1-15(5-9(11,12)13)8(16)6-4-14-3-2-7(6)10/h2-4H,5H2,1H3. The van der Waals surface area contributed by atoms with Crippen molar-refractivity contribution in [2.24, 2.45) is 0 Å². The van der Waals surface area contributed by atoms with Crippen LogP contribution in [0.5, 0.6) is 0 Å². The fraction of sp³-hybridized carbons (Fsp3) is 0.333. The van der Waals surface area contributed by atoms with Crippen LogP contribution in [0.1, 0.15) is 10.4 Å². The maximum absolute atomic E-state index is 12.0. The summed E-state index contributed by atoms with van der Waals surface area (Å²) in [5.41, 5.74) is -0.0454. The Balaban J connectivity index is 2.83. The molecule has 3 nitrogen and oxygen atoms in total. The van der Waals surface area contributed by atoms with E-state index in [9.17, 15) is 18.0 Å². The number of amides is 1. The second kappa shape index (κ2) is 4.69. The van der Waals surface area contributed by atoms with Gasteiger partial charge in [0.25, 0.3) is 5.91 Å². The second-order valence-corrected chi connectivity index (χ2v) is 3.54. The molecule has 88 valence electrons. The van der Waals surface area contributed by atoms with E-state index >= 15 is 0 Å². The van der Waals surface area contributed by atoms with E-state index in [0.717, 1.165) is 13.2 Å². The van der Waals surface area contributed by atoms with E-state index in [1.165, 1.54) is 12.3 Å². The van der Waals surface area contributed by atoms with Crippen LogP contribution in [-0.4, -0.2) is 35.6 Å². The smallest absolute Gasteiger partial charge is 0.333 e. The highest BCUT2D eigenvalue weighted by atomic mass is 35.5. The van der Waals surface area contributed by atoms with Gasteiger partial charge in [-0.2, -0.15) is 13.2 Å². The highest BCUT2D eigenvalue weighted by molar-refractivity contribution is 6.33. The predicted molar refractivity (Wildman–Crippen MR) is 52.3 cm³/mol. The first-order valence-corrected chi connectivity index (χ1v) is 4.61. The average molecular weight is 253 g/mol. The molecule has 0 unspecified atom stereocenters. The van der Waals surface area contributed by atoms with Crippen molar-refractivity contribution in [1.29, 1.82) is 0 Å². The molecule has 0 saturated carbocycles. The quantitative estimate of drug-likeness (QED) is 0.810. The summed E-state index contributed by atoms with van der Waals surface area (Å²) in [7, 11) is 1.05. The maximum atomic E-state index is 12.0. The van der Waals surface area contributed by atoms with Crippen molar-refractivity contribution in [2.45, 2.75) is 6.18 Å². The van der Waals surface area contributed by atoms with Crippen molar-refractivity contribution in [3.8, 4) is 0 Å². The van der Waals surface area contributed by atoms with Gasteiger partial charge in [0.15, 0.2) is 0 Å². The van der Waals surface area contributed by atoms with Gasteiger partial charge in [-0.05, 0) is 6.07 Å². The Morgan fingerprint density at radius 3 is 2.69 bits per heavy atom. The molecule has 0 radical (unpaired) electrons. The minimum absolute atomic E-state index is 0.0454. The Morgan fingerprint density at radius 1 is 1.56 bits per heavy atom. The van der Waals surface area contributed by atoms with Crippen LogP contribution in [0.3, 0.4) is 0 Å². The zero-order valence-corrected chi connectivity index (χ0v) is 9.01. The molecule has 1 heterocycles. The largest absolute Gasteiger partial charge is 0.406 e. The summed E-state index contributed by atoms with van der Waals surface area (Å²) in [4.78, 5) is 15.7. The van der Waals surface area contributed by atoms with Gasteiger partial charge in [0.05, 0.1) is 10.6 Å². The SMILES string of the molecule is CN(CC(F)(F)F)C(=O)c1cnccc1Cl. The molecule has 16 heavy (non-hydrogen) atoms. The molecular weight excluding hydrogens is 245 g/mol. The van der Waals surface area contributed by atoms with Crippen molar-refractivity contribution in [3.05, 3.63) is 29.0 Å². The van der Waals surface area contributed by atoms with Crippen molar-refractivity contribution in [3.63, 3.8) is 0 Å². The van der Waals surface area contributed by atoms with Gasteiger partial charge in [-0.15, -0.1) is 0 Å². The number of hydrogen-bond acceptors (Lipinski definition) is 2. The fourth-order valence-electron chi connectivity index (χ4n) is 1.08.